The summed E-state index contributed by atoms with van der Waals surface area (Å²) in [7, 11) is 0. The maximum atomic E-state index is 13.7. The highest BCUT2D eigenvalue weighted by Gasteiger charge is 2.64. The molecule has 0 aromatic heterocycles. The first kappa shape index (κ1) is 123. The molecule has 0 spiro atoms. The smallest absolute Gasteiger partial charge is 0.217 e. The Morgan fingerprint density at radius 2 is 0.413 bits per heavy atom. The SMILES string of the molecule is CC(=O)N[C@@H]1[C@@H](O)[C@H](O[C@@H]2O[C@H](CO)[C@@H](O[C@@H]3O[C@H](CO[C@H]4O[C@H](CO[C@@H]5O[C@H](CO)[C@@H](O)[C@H](O)[C@H]5NC(C)=O)[C@@H](O)[C@H](O)[C@@H]4O[C@@H]4O[C@H](CO)[C@@H](O[C@@H]5O[C@H](CO)[C@H](O)[C@H](O)[C@H]5O)[C@H](O)[C@H]4NC(C)=O)[C@@H](O)[C@H](O[C@H]4O[C@H](CO)[C@@H](O[C@@H]5O[C@H](CO)[C@@H](O)[C@H](O)[C@H]5NC(C)=O)[C@H](O)[C@@H]4O[C@@H]4O[C@H](CO)[C@@H](O[C@@H]5O[C@H](CO)[C@H](O)[C@H](O)[C@H]5O[C@@H]5O[C@@H](C)[C@@H](O)[C@@H](O)[C@@H]5O)[C@H](O)[C@H]4NC(C)=O)[C@@H]3O)[C@H](O)[C@H]2NC(C)=O)[C@@H](CO)O[C@H]1O. The van der Waals surface area contributed by atoms with Gasteiger partial charge in [0, 0.05) is 41.5 Å². The summed E-state index contributed by atoms with van der Waals surface area (Å²) >= 11 is 0. The summed E-state index contributed by atoms with van der Waals surface area (Å²) in [6.45, 7) is -6.50. The number of aliphatic hydroxyl groups excluding tert-OH is 31. The van der Waals surface area contributed by atoms with Crippen LogP contribution in [-0.2, 0) is 138 Å². The van der Waals surface area contributed by atoms with E-state index in [-0.39, 0.29) is 0 Å². The Hall–Kier alpha value is -5.34. The van der Waals surface area contributed by atoms with E-state index < -0.39 is 476 Å². The Balaban J connectivity index is 0.955. The minimum absolute atomic E-state index is 0.846. The molecule has 0 aromatic rings. The van der Waals surface area contributed by atoms with Gasteiger partial charge in [-0.05, 0) is 6.92 Å². The fourth-order valence-electron chi connectivity index (χ4n) is 19.5. The Morgan fingerprint density at radius 1 is 0.187 bits per heavy atom. The molecule has 12 rings (SSSR count). The van der Waals surface area contributed by atoms with Gasteiger partial charge >= 0.3 is 0 Å². The minimum atomic E-state index is -2.82. The van der Waals surface area contributed by atoms with Crippen molar-refractivity contribution in [2.24, 2.45) is 0 Å². The van der Waals surface area contributed by atoms with E-state index in [9.17, 15) is 187 Å². The summed E-state index contributed by atoms with van der Waals surface area (Å²) in [5.74, 6) is -5.86. The standard InChI is InChI=1S/C84H140N6O60/c1-19-43(106)56(119)60(123)79(130-19)150-71-58(121)47(110)29(11-94)135-83(71)146-67-33(15-98)138-78(42(55(67)118)90-25(7)105)149-72-62(125)68(143-75-39(87-22(4)102)51(114)45(108)27(9-92)133-75)34(16-99)139-84(72)147-69-49(112)36(140-81(63(69)126)145-66-32(14-97)136-76(40(53(66)116)88-23(5)103)142-64-30(12-95)131-73(127)37(52(64)115)85-20(2)100)18-129-82-70(59(122)48(111)35(141-82)17-128-74-38(86-21(3)101)50(113)44(107)26(8-91)132-74)148-77-41(89-24(6)104)54(117)65(31(13-96)137-77)144-80-61(124)57(120)46(109)28(10-93)134-80/h19,26-84,91-99,106-127H,8-18H2,1-7H3,(H,85,100)(H,86,101)(H,87,102)(H,88,103)(H,89,104)(H,90,105)/t19-,26+,27+,28+,29+,30+,31+,32+,33+,34+,35+,36+,37+,38+,39+,40+,41+,42+,43+,44+,45+,46-,47-,48+,49+,50+,51+,52+,53+,54+,55+,56+,57-,58-,59-,60-,61+,62-,63-,64+,65+,66+,67+,68+,69-,70-,71+,72-,73+,74+,75-,76-,77-,78-,79-,80-,81-,82-,83-,84+/m0/s1. The van der Waals surface area contributed by atoms with Gasteiger partial charge in [0.25, 0.3) is 0 Å². The van der Waals surface area contributed by atoms with Crippen molar-refractivity contribution in [1.82, 2.24) is 31.9 Å². The molecular formula is C84H140N6O60. The predicted octanol–water partition coefficient (Wildman–Crippen LogP) is -25.3. The van der Waals surface area contributed by atoms with Crippen LogP contribution in [0.5, 0.6) is 0 Å². The van der Waals surface area contributed by atoms with E-state index in [2.05, 4.69) is 31.9 Å². The molecule has 6 amide bonds. The summed E-state index contributed by atoms with van der Waals surface area (Å²) in [6, 6.07) is -11.8. The molecule has 0 aromatic carbocycles. The molecule has 0 bridgehead atoms. The van der Waals surface area contributed by atoms with Gasteiger partial charge in [-0.15, -0.1) is 0 Å². The largest absolute Gasteiger partial charge is 0.394 e. The molecule has 12 heterocycles. The quantitative estimate of drug-likeness (QED) is 0.0272. The Morgan fingerprint density at radius 3 is 0.813 bits per heavy atom. The highest BCUT2D eigenvalue weighted by molar-refractivity contribution is 5.75. The van der Waals surface area contributed by atoms with E-state index >= 15 is 0 Å². The van der Waals surface area contributed by atoms with Gasteiger partial charge in [-0.2, -0.15) is 0 Å². The van der Waals surface area contributed by atoms with Gasteiger partial charge in [0.2, 0.25) is 35.4 Å². The van der Waals surface area contributed by atoms with Gasteiger partial charge in [-0.1, -0.05) is 0 Å². The van der Waals surface area contributed by atoms with E-state index in [4.69, 9.17) is 109 Å². The second-order valence-electron chi connectivity index (χ2n) is 38.1. The molecule has 66 heteroatoms. The third kappa shape index (κ3) is 27.5. The van der Waals surface area contributed by atoms with Crippen molar-refractivity contribution >= 4 is 35.4 Å². The van der Waals surface area contributed by atoms with Crippen molar-refractivity contribution in [3.63, 3.8) is 0 Å². The maximum Gasteiger partial charge on any atom is 0.217 e. The Bertz CT molecular complexity index is 4250. The third-order valence-electron chi connectivity index (χ3n) is 27.4. The average Bonchev–Trinajstić information content (AvgIpc) is 0.760. The number of carbonyl (C=O) groups is 6. The minimum Gasteiger partial charge on any atom is -0.394 e. The summed E-state index contributed by atoms with van der Waals surface area (Å²) in [6.07, 6.45) is -118. The van der Waals surface area contributed by atoms with Gasteiger partial charge in [-0.25, -0.2) is 0 Å². The molecule has 12 fully saturated rings. The predicted molar refractivity (Wildman–Crippen MR) is 463 cm³/mol. The van der Waals surface area contributed by atoms with Crippen LogP contribution in [0.25, 0.3) is 0 Å². The maximum absolute atomic E-state index is 13.7. The topological polar surface area (TPSA) is 1010 Å². The molecule has 866 valence electrons. The fourth-order valence-corrected chi connectivity index (χ4v) is 19.5. The van der Waals surface area contributed by atoms with Crippen LogP contribution in [0.4, 0.5) is 0 Å². The second kappa shape index (κ2) is 54.0. The normalized spacial score (nSPS) is 48.8. The van der Waals surface area contributed by atoms with Crippen LogP contribution in [0.1, 0.15) is 48.5 Å². The summed E-state index contributed by atoms with van der Waals surface area (Å²) in [4.78, 5) is 78.3. The van der Waals surface area contributed by atoms with Crippen molar-refractivity contribution in [2.75, 3.05) is 72.7 Å². The number of aliphatic hydroxyl groups is 31. The lowest BCUT2D eigenvalue weighted by atomic mass is 9.93. The molecule has 60 atom stereocenters. The summed E-state index contributed by atoms with van der Waals surface area (Å²) in [5, 5.41) is 368. The Labute approximate surface area is 849 Å². The average molecular weight is 2190 g/mol. The molecular weight excluding hydrogens is 2050 g/mol. The number of rotatable bonds is 39. The molecule has 37 N–H and O–H groups in total. The number of ether oxygens (including phenoxy) is 23. The number of hydrogen-bond donors (Lipinski definition) is 37. The van der Waals surface area contributed by atoms with Crippen LogP contribution in [0.3, 0.4) is 0 Å². The molecule has 12 saturated heterocycles. The zero-order valence-electron chi connectivity index (χ0n) is 81.1. The Kier molecular flexibility index (Phi) is 44.4. The molecule has 12 aliphatic rings. The first-order valence-electron chi connectivity index (χ1n) is 48.0. The fraction of sp³-hybridized carbons (Fsp3) is 0.929. The lowest BCUT2D eigenvalue weighted by molar-refractivity contribution is -0.407. The molecule has 0 unspecified atom stereocenters. The van der Waals surface area contributed by atoms with Crippen LogP contribution < -0.4 is 31.9 Å². The van der Waals surface area contributed by atoms with Crippen molar-refractivity contribution in [3.05, 3.63) is 0 Å². The number of amides is 6. The van der Waals surface area contributed by atoms with E-state index in [1.165, 1.54) is 6.92 Å². The van der Waals surface area contributed by atoms with Crippen molar-refractivity contribution < 1.29 is 296 Å². The van der Waals surface area contributed by atoms with Gasteiger partial charge in [0.15, 0.2) is 75.5 Å². The van der Waals surface area contributed by atoms with Gasteiger partial charge < -0.3 is 299 Å². The second-order valence-corrected chi connectivity index (χ2v) is 38.1. The van der Waals surface area contributed by atoms with Crippen LogP contribution in [0, 0.1) is 0 Å². The first-order valence-corrected chi connectivity index (χ1v) is 48.0. The molecule has 0 saturated carbocycles. The van der Waals surface area contributed by atoms with E-state index in [0.29, 0.717) is 0 Å². The van der Waals surface area contributed by atoms with Crippen LogP contribution in [0.2, 0.25) is 0 Å². The molecule has 0 aliphatic carbocycles. The number of nitrogens with one attached hydrogen (secondary N) is 6. The first-order chi connectivity index (χ1) is 70.9. The van der Waals surface area contributed by atoms with Crippen molar-refractivity contribution in [3.8, 4) is 0 Å². The van der Waals surface area contributed by atoms with Crippen molar-refractivity contribution in [1.29, 1.82) is 0 Å². The van der Waals surface area contributed by atoms with Crippen LogP contribution in [-0.4, -0.2) is 635 Å². The highest BCUT2D eigenvalue weighted by atomic mass is 16.8. The molecule has 12 aliphatic heterocycles. The zero-order chi connectivity index (χ0) is 110. The molecule has 66 nitrogen and oxygen atoms in total. The van der Waals surface area contributed by atoms with Crippen LogP contribution in [0.15, 0.2) is 0 Å². The van der Waals surface area contributed by atoms with E-state index in [1.54, 1.807) is 0 Å². The van der Waals surface area contributed by atoms with Gasteiger partial charge in [0.1, 0.15) is 287 Å². The highest BCUT2D eigenvalue weighted by Crippen LogP contribution is 2.43. The summed E-state index contributed by atoms with van der Waals surface area (Å²) in [5.41, 5.74) is 0. The van der Waals surface area contributed by atoms with Crippen LogP contribution >= 0.6 is 0 Å². The van der Waals surface area contributed by atoms with Gasteiger partial charge in [-0.3, -0.25) is 28.8 Å². The lowest BCUT2D eigenvalue weighted by Gasteiger charge is -2.52. The summed E-state index contributed by atoms with van der Waals surface area (Å²) < 4.78 is 140. The molecule has 150 heavy (non-hydrogen) atoms. The zero-order valence-corrected chi connectivity index (χ0v) is 81.1. The lowest BCUT2D eigenvalue weighted by Crippen LogP contribution is -2.71. The number of carbonyl (C=O) groups excluding carboxylic acids is 6. The molecule has 0 radical (unpaired) electrons. The number of hydrogen-bond acceptors (Lipinski definition) is 60. The third-order valence-corrected chi connectivity index (χ3v) is 27.4. The van der Waals surface area contributed by atoms with Crippen molar-refractivity contribution in [2.45, 2.75) is 417 Å². The monoisotopic (exact) mass is 2190 g/mol. The van der Waals surface area contributed by atoms with E-state index in [1.807, 2.05) is 0 Å². The van der Waals surface area contributed by atoms with Gasteiger partial charge in [0.05, 0.1) is 78.8 Å². The van der Waals surface area contributed by atoms with E-state index in [0.717, 1.165) is 41.5 Å².